The van der Waals surface area contributed by atoms with Crippen molar-refractivity contribution >= 4 is 5.78 Å². The lowest BCUT2D eigenvalue weighted by Crippen LogP contribution is -2.30. The fraction of sp³-hybridized carbons (Fsp3) is 0.462. The highest BCUT2D eigenvalue weighted by Gasteiger charge is 2.14. The van der Waals surface area contributed by atoms with Gasteiger partial charge in [0.15, 0.2) is 5.78 Å². The van der Waals surface area contributed by atoms with E-state index in [-0.39, 0.29) is 5.78 Å². The Hall–Kier alpha value is -1.19. The van der Waals surface area contributed by atoms with E-state index in [0.717, 1.165) is 12.0 Å². The Kier molecular flexibility index (Phi) is 5.15. The number of ether oxygens (including phenoxy) is 1. The van der Waals surface area contributed by atoms with Crippen LogP contribution >= 0.6 is 0 Å². The Bertz CT molecular complexity index is 350. The quantitative estimate of drug-likeness (QED) is 0.590. The van der Waals surface area contributed by atoms with E-state index in [2.05, 4.69) is 0 Å². The van der Waals surface area contributed by atoms with Crippen LogP contribution in [0.4, 0.5) is 0 Å². The fourth-order valence-corrected chi connectivity index (χ4v) is 1.59. The van der Waals surface area contributed by atoms with E-state index in [1.54, 1.807) is 7.11 Å². The van der Waals surface area contributed by atoms with Crippen molar-refractivity contribution in [3.8, 4) is 0 Å². The van der Waals surface area contributed by atoms with Crippen molar-refractivity contribution in [2.24, 2.45) is 5.73 Å². The zero-order valence-corrected chi connectivity index (χ0v) is 9.90. The van der Waals surface area contributed by atoms with Crippen LogP contribution in [0.3, 0.4) is 0 Å². The molecule has 1 aromatic carbocycles. The molecule has 0 heterocycles. The molecule has 0 radical (unpaired) electrons. The molecule has 0 aliphatic heterocycles. The molecule has 1 unspecified atom stereocenters. The summed E-state index contributed by atoms with van der Waals surface area (Å²) in [6, 6.07) is 7.11. The molecule has 0 spiro atoms. The van der Waals surface area contributed by atoms with Crippen molar-refractivity contribution in [3.05, 3.63) is 35.4 Å². The molecular weight excluding hydrogens is 202 g/mol. The molecule has 2 N–H and O–H groups in total. The van der Waals surface area contributed by atoms with Crippen LogP contribution in [-0.4, -0.2) is 25.5 Å². The highest BCUT2D eigenvalue weighted by molar-refractivity contribution is 6.00. The largest absolute Gasteiger partial charge is 0.385 e. The molecule has 0 amide bonds. The molecule has 0 aliphatic carbocycles. The van der Waals surface area contributed by atoms with Gasteiger partial charge in [-0.05, 0) is 25.8 Å². The summed E-state index contributed by atoms with van der Waals surface area (Å²) in [6.45, 7) is 2.61. The van der Waals surface area contributed by atoms with Gasteiger partial charge in [-0.2, -0.15) is 0 Å². The normalized spacial score (nSPS) is 12.4. The lowest BCUT2D eigenvalue weighted by molar-refractivity contribution is 0.0950. The van der Waals surface area contributed by atoms with Crippen LogP contribution in [0.25, 0.3) is 0 Å². The molecule has 3 nitrogen and oxygen atoms in total. The first kappa shape index (κ1) is 12.9. The molecular formula is C13H19NO2. The number of methoxy groups -OCH3 is 1. The summed E-state index contributed by atoms with van der Waals surface area (Å²) < 4.78 is 4.93. The number of ketones is 1. The van der Waals surface area contributed by atoms with Gasteiger partial charge < -0.3 is 10.5 Å². The number of rotatable bonds is 6. The third-order valence-corrected chi connectivity index (χ3v) is 2.50. The van der Waals surface area contributed by atoms with E-state index in [1.165, 1.54) is 0 Å². The van der Waals surface area contributed by atoms with Crippen molar-refractivity contribution in [1.29, 1.82) is 0 Å². The molecule has 0 bridgehead atoms. The van der Waals surface area contributed by atoms with Gasteiger partial charge in [0.25, 0.3) is 0 Å². The van der Waals surface area contributed by atoms with E-state index in [4.69, 9.17) is 10.5 Å². The number of hydrogen-bond acceptors (Lipinski definition) is 3. The number of carbonyl (C=O) groups is 1. The molecule has 0 fully saturated rings. The minimum absolute atomic E-state index is 0.0137. The first-order chi connectivity index (χ1) is 7.65. The van der Waals surface area contributed by atoms with Crippen molar-refractivity contribution < 1.29 is 9.53 Å². The van der Waals surface area contributed by atoms with Crippen molar-refractivity contribution in [2.75, 3.05) is 13.7 Å². The van der Waals surface area contributed by atoms with Gasteiger partial charge in [-0.3, -0.25) is 4.79 Å². The summed E-state index contributed by atoms with van der Waals surface area (Å²) >= 11 is 0. The van der Waals surface area contributed by atoms with Crippen molar-refractivity contribution in [1.82, 2.24) is 0 Å². The van der Waals surface area contributed by atoms with Gasteiger partial charge in [-0.15, -0.1) is 0 Å². The van der Waals surface area contributed by atoms with Gasteiger partial charge in [0, 0.05) is 19.3 Å². The second kappa shape index (κ2) is 6.40. The average molecular weight is 221 g/mol. The summed E-state index contributed by atoms with van der Waals surface area (Å²) in [4.78, 5) is 11.9. The maximum Gasteiger partial charge on any atom is 0.179 e. The molecule has 0 saturated heterocycles. The third kappa shape index (κ3) is 3.76. The number of Topliss-reactive ketones (excluding diaryl/α,β-unsaturated/α-hetero) is 1. The summed E-state index contributed by atoms with van der Waals surface area (Å²) in [5, 5.41) is 0. The van der Waals surface area contributed by atoms with Crippen LogP contribution in [0.5, 0.6) is 0 Å². The molecule has 1 rings (SSSR count). The molecule has 88 valence electrons. The van der Waals surface area contributed by atoms with E-state index < -0.39 is 6.04 Å². The topological polar surface area (TPSA) is 52.3 Å². The summed E-state index contributed by atoms with van der Waals surface area (Å²) in [5.74, 6) is 0.0137. The fourth-order valence-electron chi connectivity index (χ4n) is 1.59. The van der Waals surface area contributed by atoms with Gasteiger partial charge in [0.1, 0.15) is 0 Å². The van der Waals surface area contributed by atoms with Crippen LogP contribution in [0, 0.1) is 6.92 Å². The zero-order chi connectivity index (χ0) is 12.0. The number of benzene rings is 1. The average Bonchev–Trinajstić information content (AvgIpc) is 2.28. The van der Waals surface area contributed by atoms with Gasteiger partial charge in [0.2, 0.25) is 0 Å². The minimum Gasteiger partial charge on any atom is -0.385 e. The Morgan fingerprint density at radius 2 is 2.25 bits per heavy atom. The van der Waals surface area contributed by atoms with E-state index >= 15 is 0 Å². The first-order valence-electron chi connectivity index (χ1n) is 5.50. The molecule has 1 atom stereocenters. The summed E-state index contributed by atoms with van der Waals surface area (Å²) in [6.07, 6.45) is 1.48. The van der Waals surface area contributed by atoms with Gasteiger partial charge in [-0.1, -0.05) is 23.8 Å². The number of nitrogens with two attached hydrogens (primary N) is 1. The number of carbonyl (C=O) groups excluding carboxylic acids is 1. The first-order valence-corrected chi connectivity index (χ1v) is 5.50. The number of aryl methyl sites for hydroxylation is 1. The molecule has 16 heavy (non-hydrogen) atoms. The number of hydrogen-bond donors (Lipinski definition) is 1. The monoisotopic (exact) mass is 221 g/mol. The smallest absolute Gasteiger partial charge is 0.179 e. The predicted octanol–water partition coefficient (Wildman–Crippen LogP) is 1.93. The highest BCUT2D eigenvalue weighted by atomic mass is 16.5. The standard InChI is InChI=1S/C13H19NO2/c1-10-5-3-6-11(9-10)13(15)12(14)7-4-8-16-2/h3,5-6,9,12H,4,7-8,14H2,1-2H3. The van der Waals surface area contributed by atoms with Crippen LogP contribution in [0.2, 0.25) is 0 Å². The third-order valence-electron chi connectivity index (χ3n) is 2.50. The van der Waals surface area contributed by atoms with Crippen LogP contribution in [-0.2, 0) is 4.74 Å². The molecule has 0 saturated carbocycles. The second-order valence-corrected chi connectivity index (χ2v) is 3.98. The lowest BCUT2D eigenvalue weighted by Gasteiger charge is -2.10. The molecule has 3 heteroatoms. The Balaban J connectivity index is 2.56. The van der Waals surface area contributed by atoms with Crippen LogP contribution < -0.4 is 5.73 Å². The predicted molar refractivity (Wildman–Crippen MR) is 64.6 cm³/mol. The summed E-state index contributed by atoms with van der Waals surface area (Å²) in [7, 11) is 1.65. The molecule has 0 aliphatic rings. The highest BCUT2D eigenvalue weighted by Crippen LogP contribution is 2.08. The lowest BCUT2D eigenvalue weighted by atomic mass is 10.00. The van der Waals surface area contributed by atoms with Gasteiger partial charge in [-0.25, -0.2) is 0 Å². The van der Waals surface area contributed by atoms with Crippen molar-refractivity contribution in [3.63, 3.8) is 0 Å². The summed E-state index contributed by atoms with van der Waals surface area (Å²) in [5.41, 5.74) is 7.61. The Morgan fingerprint density at radius 3 is 2.88 bits per heavy atom. The van der Waals surface area contributed by atoms with Crippen molar-refractivity contribution in [2.45, 2.75) is 25.8 Å². The van der Waals surface area contributed by atoms with Crippen LogP contribution in [0.1, 0.15) is 28.8 Å². The zero-order valence-electron chi connectivity index (χ0n) is 9.90. The van der Waals surface area contributed by atoms with Gasteiger partial charge >= 0.3 is 0 Å². The van der Waals surface area contributed by atoms with E-state index in [9.17, 15) is 4.79 Å². The molecule has 1 aromatic rings. The van der Waals surface area contributed by atoms with Gasteiger partial charge in [0.05, 0.1) is 6.04 Å². The minimum atomic E-state index is -0.419. The Morgan fingerprint density at radius 1 is 1.50 bits per heavy atom. The van der Waals surface area contributed by atoms with E-state index in [1.807, 2.05) is 31.2 Å². The van der Waals surface area contributed by atoms with Crippen LogP contribution in [0.15, 0.2) is 24.3 Å². The Labute approximate surface area is 96.6 Å². The SMILES string of the molecule is COCCCC(N)C(=O)c1cccc(C)c1. The maximum absolute atomic E-state index is 11.9. The molecule has 0 aromatic heterocycles. The maximum atomic E-state index is 11.9. The van der Waals surface area contributed by atoms with E-state index in [0.29, 0.717) is 18.6 Å². The second-order valence-electron chi connectivity index (χ2n) is 3.98.